The van der Waals surface area contributed by atoms with E-state index in [9.17, 15) is 4.79 Å². The summed E-state index contributed by atoms with van der Waals surface area (Å²) in [7, 11) is 0. The maximum atomic E-state index is 11.0. The lowest BCUT2D eigenvalue weighted by atomic mass is 9.93. The van der Waals surface area contributed by atoms with Gasteiger partial charge in [-0.3, -0.25) is 4.79 Å². The van der Waals surface area contributed by atoms with Crippen molar-refractivity contribution in [1.29, 1.82) is 0 Å². The maximum absolute atomic E-state index is 11.0. The van der Waals surface area contributed by atoms with Gasteiger partial charge in [0.05, 0.1) is 0 Å². The zero-order chi connectivity index (χ0) is 11.8. The Balaban J connectivity index is 2.18. The molecule has 1 fully saturated rings. The molecule has 1 aliphatic rings. The van der Waals surface area contributed by atoms with Crippen LogP contribution in [0.2, 0.25) is 0 Å². The molecule has 0 amide bonds. The number of halogens is 1. The Kier molecular flexibility index (Phi) is 3.04. The largest absolute Gasteiger partial charge is 0.480 e. The lowest BCUT2D eigenvalue weighted by Crippen LogP contribution is -2.45. The van der Waals surface area contributed by atoms with Crippen molar-refractivity contribution in [1.82, 2.24) is 0 Å². The topological polar surface area (TPSA) is 63.3 Å². The molecule has 1 aromatic rings. The van der Waals surface area contributed by atoms with Gasteiger partial charge in [-0.15, -0.1) is 0 Å². The Morgan fingerprint density at radius 2 is 2.31 bits per heavy atom. The van der Waals surface area contributed by atoms with Crippen LogP contribution in [0.5, 0.6) is 0 Å². The highest BCUT2D eigenvalue weighted by atomic mass is 79.9. The van der Waals surface area contributed by atoms with Crippen molar-refractivity contribution in [3.63, 3.8) is 0 Å². The second kappa shape index (κ2) is 4.18. The van der Waals surface area contributed by atoms with Gasteiger partial charge in [0, 0.05) is 4.47 Å². The van der Waals surface area contributed by atoms with Crippen LogP contribution in [0.4, 0.5) is 0 Å². The van der Waals surface area contributed by atoms with Crippen molar-refractivity contribution >= 4 is 21.9 Å². The molecule has 1 aliphatic carbocycles. The molecule has 0 heterocycles. The minimum atomic E-state index is -1.03. The molecule has 2 rings (SSSR count). The normalized spacial score (nSPS) is 29.2. The molecule has 0 aromatic heterocycles. The average molecular weight is 284 g/mol. The molecule has 1 saturated carbocycles. The molecule has 2 atom stereocenters. The van der Waals surface area contributed by atoms with E-state index < -0.39 is 11.5 Å². The molecule has 4 heteroatoms. The van der Waals surface area contributed by atoms with Gasteiger partial charge in [0.2, 0.25) is 0 Å². The van der Waals surface area contributed by atoms with Crippen LogP contribution in [-0.2, 0) is 4.79 Å². The van der Waals surface area contributed by atoms with E-state index in [-0.39, 0.29) is 5.92 Å². The van der Waals surface area contributed by atoms with Crippen LogP contribution in [0.25, 0.3) is 0 Å². The molecule has 0 radical (unpaired) electrons. The van der Waals surface area contributed by atoms with Gasteiger partial charge in [0.15, 0.2) is 0 Å². The summed E-state index contributed by atoms with van der Waals surface area (Å²) in [4.78, 5) is 11.0. The Morgan fingerprint density at radius 1 is 1.56 bits per heavy atom. The molecule has 3 N–H and O–H groups in total. The number of aliphatic carboxylic acids is 1. The highest BCUT2D eigenvalue weighted by Gasteiger charge is 2.42. The number of benzene rings is 1. The van der Waals surface area contributed by atoms with E-state index in [1.807, 2.05) is 24.3 Å². The second-order valence-corrected chi connectivity index (χ2v) is 5.37. The van der Waals surface area contributed by atoms with E-state index >= 15 is 0 Å². The third kappa shape index (κ3) is 2.13. The molecule has 1 aromatic carbocycles. The van der Waals surface area contributed by atoms with E-state index in [0.717, 1.165) is 10.9 Å². The highest BCUT2D eigenvalue weighted by Crippen LogP contribution is 2.40. The molecule has 16 heavy (non-hydrogen) atoms. The summed E-state index contributed by atoms with van der Waals surface area (Å²) >= 11 is 3.42. The standard InChI is InChI=1S/C12H14BrNO2/c13-10-3-1-2-8(6-10)9-4-5-12(14,7-9)11(15)16/h1-3,6,9H,4-5,7,14H2,(H,15,16)/t9-,12+/m0/s1. The second-order valence-electron chi connectivity index (χ2n) is 4.46. The lowest BCUT2D eigenvalue weighted by Gasteiger charge is -2.18. The fourth-order valence-electron chi connectivity index (χ4n) is 2.31. The minimum Gasteiger partial charge on any atom is -0.480 e. The zero-order valence-corrected chi connectivity index (χ0v) is 10.4. The summed E-state index contributed by atoms with van der Waals surface area (Å²) in [5.74, 6) is -0.622. The van der Waals surface area contributed by atoms with Gasteiger partial charge < -0.3 is 10.8 Å². The first-order chi connectivity index (χ1) is 7.51. The van der Waals surface area contributed by atoms with Gasteiger partial charge in [-0.05, 0) is 42.9 Å². The number of nitrogens with two attached hydrogens (primary N) is 1. The van der Waals surface area contributed by atoms with Crippen LogP contribution < -0.4 is 5.73 Å². The van der Waals surface area contributed by atoms with E-state index in [4.69, 9.17) is 10.8 Å². The third-order valence-corrected chi connectivity index (χ3v) is 3.79. The summed E-state index contributed by atoms with van der Waals surface area (Å²) in [5, 5.41) is 9.06. The number of carbonyl (C=O) groups is 1. The van der Waals surface area contributed by atoms with Crippen LogP contribution >= 0.6 is 15.9 Å². The lowest BCUT2D eigenvalue weighted by molar-refractivity contribution is -0.143. The van der Waals surface area contributed by atoms with Gasteiger partial charge in [-0.2, -0.15) is 0 Å². The molecule has 0 bridgehead atoms. The van der Waals surface area contributed by atoms with Crippen LogP contribution in [0, 0.1) is 0 Å². The fourth-order valence-corrected chi connectivity index (χ4v) is 2.73. The van der Waals surface area contributed by atoms with Gasteiger partial charge in [0.1, 0.15) is 5.54 Å². The molecule has 0 unspecified atom stereocenters. The predicted molar refractivity (Wildman–Crippen MR) is 65.3 cm³/mol. The number of hydrogen-bond donors (Lipinski definition) is 2. The first-order valence-corrected chi connectivity index (χ1v) is 6.08. The average Bonchev–Trinajstić information content (AvgIpc) is 2.62. The molecule has 0 aliphatic heterocycles. The van der Waals surface area contributed by atoms with Crippen LogP contribution in [0.15, 0.2) is 28.7 Å². The van der Waals surface area contributed by atoms with E-state index in [2.05, 4.69) is 15.9 Å². The highest BCUT2D eigenvalue weighted by molar-refractivity contribution is 9.10. The summed E-state index contributed by atoms with van der Waals surface area (Å²) in [6.45, 7) is 0. The number of hydrogen-bond acceptors (Lipinski definition) is 2. The van der Waals surface area contributed by atoms with E-state index in [1.165, 1.54) is 5.56 Å². The van der Waals surface area contributed by atoms with E-state index in [0.29, 0.717) is 12.8 Å². The third-order valence-electron chi connectivity index (χ3n) is 3.30. The van der Waals surface area contributed by atoms with Crippen molar-refractivity contribution in [3.8, 4) is 0 Å². The quantitative estimate of drug-likeness (QED) is 0.877. The van der Waals surface area contributed by atoms with Crippen LogP contribution in [-0.4, -0.2) is 16.6 Å². The Hall–Kier alpha value is -0.870. The van der Waals surface area contributed by atoms with Crippen LogP contribution in [0.1, 0.15) is 30.7 Å². The van der Waals surface area contributed by atoms with Crippen molar-refractivity contribution in [2.24, 2.45) is 5.73 Å². The molecule has 0 saturated heterocycles. The number of carboxylic acids is 1. The predicted octanol–water partition coefficient (Wildman–Crippen LogP) is 2.50. The molecule has 3 nitrogen and oxygen atoms in total. The fraction of sp³-hybridized carbons (Fsp3) is 0.417. The van der Waals surface area contributed by atoms with E-state index in [1.54, 1.807) is 0 Å². The number of rotatable bonds is 2. The van der Waals surface area contributed by atoms with Crippen molar-refractivity contribution in [3.05, 3.63) is 34.3 Å². The first-order valence-electron chi connectivity index (χ1n) is 5.29. The minimum absolute atomic E-state index is 0.263. The molecule has 86 valence electrons. The smallest absolute Gasteiger partial charge is 0.323 e. The van der Waals surface area contributed by atoms with Gasteiger partial charge in [0.25, 0.3) is 0 Å². The summed E-state index contributed by atoms with van der Waals surface area (Å²) in [6.07, 6.45) is 1.93. The van der Waals surface area contributed by atoms with Gasteiger partial charge in [-0.1, -0.05) is 28.1 Å². The molecular weight excluding hydrogens is 270 g/mol. The Bertz CT molecular complexity index is 421. The van der Waals surface area contributed by atoms with Crippen molar-refractivity contribution in [2.45, 2.75) is 30.7 Å². The number of carboxylic acid groups (broad SMARTS) is 1. The van der Waals surface area contributed by atoms with Gasteiger partial charge in [-0.25, -0.2) is 0 Å². The summed E-state index contributed by atoms with van der Waals surface area (Å²) in [6, 6.07) is 8.00. The van der Waals surface area contributed by atoms with Gasteiger partial charge >= 0.3 is 5.97 Å². The SMILES string of the molecule is N[C@]1(C(=O)O)CC[C@H](c2cccc(Br)c2)C1. The van der Waals surface area contributed by atoms with Crippen LogP contribution in [0.3, 0.4) is 0 Å². The first kappa shape index (κ1) is 11.6. The molecule has 0 spiro atoms. The summed E-state index contributed by atoms with van der Waals surface area (Å²) in [5.41, 5.74) is 5.99. The maximum Gasteiger partial charge on any atom is 0.323 e. The Labute approximate surface area is 103 Å². The zero-order valence-electron chi connectivity index (χ0n) is 8.82. The van der Waals surface area contributed by atoms with Crippen molar-refractivity contribution in [2.75, 3.05) is 0 Å². The summed E-state index contributed by atoms with van der Waals surface area (Å²) < 4.78 is 1.02. The molecular formula is C12H14BrNO2. The van der Waals surface area contributed by atoms with Crippen molar-refractivity contribution < 1.29 is 9.90 Å². The monoisotopic (exact) mass is 283 g/mol. The Morgan fingerprint density at radius 3 is 2.88 bits per heavy atom.